The molecular formula is C18H29IN4O. The van der Waals surface area contributed by atoms with Gasteiger partial charge in [-0.1, -0.05) is 12.5 Å². The van der Waals surface area contributed by atoms with Crippen LogP contribution in [0.2, 0.25) is 0 Å². The number of halogens is 1. The molecule has 0 radical (unpaired) electrons. The zero-order valence-electron chi connectivity index (χ0n) is 14.5. The van der Waals surface area contributed by atoms with E-state index in [0.29, 0.717) is 5.41 Å². The van der Waals surface area contributed by atoms with Crippen molar-refractivity contribution in [1.29, 1.82) is 0 Å². The quantitative estimate of drug-likeness (QED) is 0.329. The normalized spacial score (nSPS) is 19.0. The highest BCUT2D eigenvalue weighted by Crippen LogP contribution is 2.47. The molecular weight excluding hydrogens is 415 g/mol. The molecule has 1 aromatic heterocycles. The number of aliphatic imine (C=N–C) groups is 1. The fourth-order valence-corrected chi connectivity index (χ4v) is 3.79. The zero-order chi connectivity index (χ0) is 16.1. The van der Waals surface area contributed by atoms with Crippen LogP contribution in [0.5, 0.6) is 0 Å². The summed E-state index contributed by atoms with van der Waals surface area (Å²) < 4.78 is 1.77. The Morgan fingerprint density at radius 2 is 2.12 bits per heavy atom. The first kappa shape index (κ1) is 19.3. The van der Waals surface area contributed by atoms with Gasteiger partial charge in [0.15, 0.2) is 5.96 Å². The van der Waals surface area contributed by atoms with Gasteiger partial charge in [0.25, 0.3) is 0 Å². The molecule has 1 aromatic rings. The van der Waals surface area contributed by atoms with E-state index in [1.807, 2.05) is 19.3 Å². The van der Waals surface area contributed by atoms with Gasteiger partial charge in [-0.25, -0.2) is 0 Å². The summed E-state index contributed by atoms with van der Waals surface area (Å²) in [7, 11) is 1.87. The number of hydrogen-bond acceptors (Lipinski definition) is 2. The van der Waals surface area contributed by atoms with Crippen molar-refractivity contribution in [2.24, 2.45) is 10.4 Å². The van der Waals surface area contributed by atoms with Gasteiger partial charge in [-0.3, -0.25) is 9.79 Å². The molecule has 1 aliphatic carbocycles. The molecule has 0 atom stereocenters. The molecule has 0 bridgehead atoms. The number of aryl methyl sites for hydroxylation is 1. The molecule has 5 nitrogen and oxygen atoms in total. The average molecular weight is 444 g/mol. The molecule has 24 heavy (non-hydrogen) atoms. The Bertz CT molecular complexity index is 609. The lowest BCUT2D eigenvalue weighted by molar-refractivity contribution is 0.151. The molecule has 134 valence electrons. The van der Waals surface area contributed by atoms with Crippen LogP contribution < -0.4 is 10.9 Å². The first-order chi connectivity index (χ1) is 11.2. The number of aromatic nitrogens is 1. The largest absolute Gasteiger partial charge is 0.356 e. The third-order valence-corrected chi connectivity index (χ3v) is 5.37. The molecule has 0 unspecified atom stereocenters. The van der Waals surface area contributed by atoms with Gasteiger partial charge in [0, 0.05) is 45.5 Å². The van der Waals surface area contributed by atoms with Gasteiger partial charge < -0.3 is 14.8 Å². The van der Waals surface area contributed by atoms with Gasteiger partial charge in [0.1, 0.15) is 0 Å². The van der Waals surface area contributed by atoms with Crippen LogP contribution in [-0.2, 0) is 6.54 Å². The second kappa shape index (κ2) is 8.87. The molecule has 3 rings (SSSR count). The number of nitrogens with one attached hydrogen (secondary N) is 1. The summed E-state index contributed by atoms with van der Waals surface area (Å²) in [5, 5.41) is 3.49. The lowest BCUT2D eigenvalue weighted by Gasteiger charge is -2.38. The predicted octanol–water partition coefficient (Wildman–Crippen LogP) is 2.70. The lowest BCUT2D eigenvalue weighted by Crippen LogP contribution is -2.42. The van der Waals surface area contributed by atoms with E-state index >= 15 is 0 Å². The highest BCUT2D eigenvalue weighted by Gasteiger charge is 2.43. The van der Waals surface area contributed by atoms with Crippen LogP contribution in [0.1, 0.15) is 38.5 Å². The van der Waals surface area contributed by atoms with Crippen LogP contribution in [0.3, 0.4) is 0 Å². The molecule has 1 aliphatic heterocycles. The Morgan fingerprint density at radius 1 is 1.29 bits per heavy atom. The fourth-order valence-electron chi connectivity index (χ4n) is 3.79. The highest BCUT2D eigenvalue weighted by atomic mass is 127. The molecule has 2 heterocycles. The van der Waals surface area contributed by atoms with E-state index < -0.39 is 0 Å². The summed E-state index contributed by atoms with van der Waals surface area (Å²) in [4.78, 5) is 18.5. The second-order valence-electron chi connectivity index (χ2n) is 6.94. The smallest absolute Gasteiger partial charge is 0.250 e. The Kier molecular flexibility index (Phi) is 7.13. The summed E-state index contributed by atoms with van der Waals surface area (Å²) in [6, 6.07) is 5.31. The van der Waals surface area contributed by atoms with Gasteiger partial charge in [-0.05, 0) is 43.6 Å². The van der Waals surface area contributed by atoms with E-state index in [1.165, 1.54) is 32.2 Å². The van der Waals surface area contributed by atoms with Crippen LogP contribution in [0.4, 0.5) is 0 Å². The maximum Gasteiger partial charge on any atom is 0.250 e. The number of pyridine rings is 1. The first-order valence-corrected chi connectivity index (χ1v) is 8.84. The topological polar surface area (TPSA) is 49.6 Å². The van der Waals surface area contributed by atoms with Crippen molar-refractivity contribution in [3.8, 4) is 0 Å². The number of guanidine groups is 1. The summed E-state index contributed by atoms with van der Waals surface area (Å²) in [6.45, 7) is 4.01. The Hall–Kier alpha value is -1.05. The summed E-state index contributed by atoms with van der Waals surface area (Å²) in [6.07, 6.45) is 9.41. The zero-order valence-corrected chi connectivity index (χ0v) is 16.9. The van der Waals surface area contributed by atoms with Crippen LogP contribution in [0.25, 0.3) is 0 Å². The Balaban J connectivity index is 0.00000208. The monoisotopic (exact) mass is 444 g/mol. The van der Waals surface area contributed by atoms with Crippen LogP contribution in [0.15, 0.2) is 34.2 Å². The minimum absolute atomic E-state index is 0. The number of hydrogen-bond donors (Lipinski definition) is 1. The van der Waals surface area contributed by atoms with Gasteiger partial charge in [-0.2, -0.15) is 0 Å². The minimum Gasteiger partial charge on any atom is -0.356 e. The summed E-state index contributed by atoms with van der Waals surface area (Å²) in [5.74, 6) is 1.05. The molecule has 0 aromatic carbocycles. The lowest BCUT2D eigenvalue weighted by atomic mass is 9.68. The molecule has 1 N–H and O–H groups in total. The van der Waals surface area contributed by atoms with E-state index in [2.05, 4.69) is 15.2 Å². The van der Waals surface area contributed by atoms with E-state index in [0.717, 1.165) is 38.4 Å². The first-order valence-electron chi connectivity index (χ1n) is 8.84. The maximum absolute atomic E-state index is 11.6. The molecule has 2 aliphatic rings. The van der Waals surface area contributed by atoms with Gasteiger partial charge in [0.05, 0.1) is 0 Å². The fraction of sp³-hybridized carbons (Fsp3) is 0.667. The second-order valence-corrected chi connectivity index (χ2v) is 6.94. The van der Waals surface area contributed by atoms with Crippen molar-refractivity contribution in [2.75, 3.05) is 26.7 Å². The van der Waals surface area contributed by atoms with E-state index in [-0.39, 0.29) is 29.5 Å². The summed E-state index contributed by atoms with van der Waals surface area (Å²) in [5.41, 5.74) is 0.686. The summed E-state index contributed by atoms with van der Waals surface area (Å²) >= 11 is 0. The molecule has 6 heteroatoms. The molecule has 1 spiro atoms. The predicted molar refractivity (Wildman–Crippen MR) is 109 cm³/mol. The maximum atomic E-state index is 11.6. The Morgan fingerprint density at radius 3 is 2.75 bits per heavy atom. The van der Waals surface area contributed by atoms with E-state index in [4.69, 9.17) is 0 Å². The van der Waals surface area contributed by atoms with Crippen molar-refractivity contribution in [1.82, 2.24) is 14.8 Å². The molecule has 1 saturated carbocycles. The third-order valence-electron chi connectivity index (χ3n) is 5.37. The molecule has 2 fully saturated rings. The highest BCUT2D eigenvalue weighted by molar-refractivity contribution is 14.0. The van der Waals surface area contributed by atoms with Crippen LogP contribution >= 0.6 is 24.0 Å². The van der Waals surface area contributed by atoms with Crippen molar-refractivity contribution < 1.29 is 0 Å². The van der Waals surface area contributed by atoms with Crippen LogP contribution in [-0.4, -0.2) is 42.1 Å². The molecule has 0 amide bonds. The van der Waals surface area contributed by atoms with Crippen molar-refractivity contribution >= 4 is 29.9 Å². The van der Waals surface area contributed by atoms with Crippen molar-refractivity contribution in [3.63, 3.8) is 0 Å². The Labute approximate surface area is 161 Å². The van der Waals surface area contributed by atoms with Gasteiger partial charge in [0.2, 0.25) is 5.56 Å². The number of unbranched alkanes of at least 4 members (excludes halogenated alkanes) is 1. The van der Waals surface area contributed by atoms with Crippen LogP contribution in [0, 0.1) is 5.41 Å². The number of rotatable bonds is 5. The van der Waals surface area contributed by atoms with Crippen molar-refractivity contribution in [2.45, 2.75) is 45.1 Å². The average Bonchev–Trinajstić information content (AvgIpc) is 2.98. The molecule has 1 saturated heterocycles. The van der Waals surface area contributed by atoms with E-state index in [9.17, 15) is 4.79 Å². The standard InChI is InChI=1S/C18H28N4O.HI/c1-19-17(22-14-10-18(15-22)8-6-9-18)20-11-3-5-13-21-12-4-2-7-16(21)23;/h2,4,7,12H,3,5-6,8-11,13-15H2,1H3,(H,19,20);1H. The third kappa shape index (κ3) is 4.52. The number of likely N-dealkylation sites (tertiary alicyclic amines) is 1. The van der Waals surface area contributed by atoms with E-state index in [1.54, 1.807) is 16.7 Å². The van der Waals surface area contributed by atoms with Gasteiger partial charge in [-0.15, -0.1) is 24.0 Å². The minimum atomic E-state index is 0. The van der Waals surface area contributed by atoms with Crippen molar-refractivity contribution in [3.05, 3.63) is 34.7 Å². The SMILES string of the molecule is CN=C(NCCCCn1ccccc1=O)N1CCC2(CCC2)C1.I. The number of nitrogens with zero attached hydrogens (tertiary/aromatic N) is 3. The van der Waals surface area contributed by atoms with Gasteiger partial charge >= 0.3 is 0 Å².